The van der Waals surface area contributed by atoms with Crippen LogP contribution >= 0.6 is 0 Å². The second kappa shape index (κ2) is 1.18. The van der Waals surface area contributed by atoms with Crippen molar-refractivity contribution in [2.24, 2.45) is 0 Å². The Hall–Kier alpha value is -1.71. The van der Waals surface area contributed by atoms with Crippen LogP contribution in [-0.4, -0.2) is 11.1 Å². The highest BCUT2D eigenvalue weighted by atomic mass is 16.6. The Balaban J connectivity index is 2.60. The molecule has 2 aromatic rings. The number of carbonyl (C=O) groups is 1. The molecule has 3 rings (SSSR count). The highest BCUT2D eigenvalue weighted by Gasteiger charge is 2.34. The zero-order valence-electron chi connectivity index (χ0n) is 5.25. The van der Waals surface area contributed by atoms with Crippen LogP contribution in [0.2, 0.25) is 0 Å². The molecule has 0 unspecified atom stereocenters. The molecule has 4 nitrogen and oxygen atoms in total. The van der Waals surface area contributed by atoms with Crippen LogP contribution in [0.3, 0.4) is 0 Å². The molecule has 0 saturated carbocycles. The lowest BCUT2D eigenvalue weighted by Crippen LogP contribution is -1.98. The number of phenols is 1. The van der Waals surface area contributed by atoms with Gasteiger partial charge < -0.3 is 14.3 Å². The lowest BCUT2D eigenvalue weighted by molar-refractivity contribution is 0.0751. The molecule has 0 atom stereocenters. The fraction of sp³-hybridized carbons (Fsp3) is 0. The molecule has 11 heavy (non-hydrogen) atoms. The fourth-order valence-electron chi connectivity index (χ4n) is 1.29. The average molecular weight is 150 g/mol. The molecular formula is C7H2O4. The summed E-state index contributed by atoms with van der Waals surface area (Å²) in [5, 5.41) is 9.20. The van der Waals surface area contributed by atoms with E-state index in [9.17, 15) is 9.90 Å². The van der Waals surface area contributed by atoms with Crippen LogP contribution < -0.4 is 4.74 Å². The van der Waals surface area contributed by atoms with Gasteiger partial charge in [-0.1, -0.05) is 0 Å². The minimum Gasteiger partial charge on any atom is -0.502 e. The quantitative estimate of drug-likeness (QED) is 0.571. The third-order valence-electron chi connectivity index (χ3n) is 1.80. The van der Waals surface area contributed by atoms with E-state index in [1.54, 1.807) is 0 Å². The summed E-state index contributed by atoms with van der Waals surface area (Å²) in [5.41, 5.74) is 1.09. The van der Waals surface area contributed by atoms with Gasteiger partial charge in [0.2, 0.25) is 11.5 Å². The monoisotopic (exact) mass is 150 g/mol. The summed E-state index contributed by atoms with van der Waals surface area (Å²) < 4.78 is 9.70. The van der Waals surface area contributed by atoms with E-state index in [-0.39, 0.29) is 11.5 Å². The van der Waals surface area contributed by atoms with Gasteiger partial charge in [-0.05, 0) is 0 Å². The van der Waals surface area contributed by atoms with Crippen molar-refractivity contribution in [2.75, 3.05) is 0 Å². The van der Waals surface area contributed by atoms with Gasteiger partial charge in [0.25, 0.3) is 0 Å². The van der Waals surface area contributed by atoms with E-state index in [0.717, 1.165) is 0 Å². The van der Waals surface area contributed by atoms with E-state index in [0.29, 0.717) is 16.7 Å². The van der Waals surface area contributed by atoms with Gasteiger partial charge in [0.05, 0.1) is 0 Å². The zero-order chi connectivity index (χ0) is 7.59. The molecule has 2 aromatic heterocycles. The Morgan fingerprint density at radius 1 is 1.45 bits per heavy atom. The minimum atomic E-state index is -0.450. The van der Waals surface area contributed by atoms with Crippen molar-refractivity contribution in [3.05, 3.63) is 11.6 Å². The van der Waals surface area contributed by atoms with E-state index in [1.165, 1.54) is 6.07 Å². The number of esters is 1. The van der Waals surface area contributed by atoms with Crippen LogP contribution in [0, 0.1) is 0 Å². The van der Waals surface area contributed by atoms with Crippen molar-refractivity contribution < 1.29 is 19.1 Å². The largest absolute Gasteiger partial charge is 0.502 e. The minimum absolute atomic E-state index is 0.0744. The van der Waals surface area contributed by atoms with Gasteiger partial charge in [-0.2, -0.15) is 0 Å². The summed E-state index contributed by atoms with van der Waals surface area (Å²) in [6, 6.07) is 1.48. The first-order valence-electron chi connectivity index (χ1n) is 3.07. The second-order valence-corrected chi connectivity index (χ2v) is 2.42. The van der Waals surface area contributed by atoms with Crippen LogP contribution in [0.15, 0.2) is 10.5 Å². The number of carbonyl (C=O) groups excluding carboxylic acids is 1. The predicted molar refractivity (Wildman–Crippen MR) is 34.0 cm³/mol. The van der Waals surface area contributed by atoms with Crippen molar-refractivity contribution in [3.8, 4) is 11.5 Å². The third-order valence-corrected chi connectivity index (χ3v) is 1.80. The highest BCUT2D eigenvalue weighted by molar-refractivity contribution is 6.09. The molecule has 3 heterocycles. The second-order valence-electron chi connectivity index (χ2n) is 2.42. The molecule has 0 aliphatic carbocycles. The summed E-state index contributed by atoms with van der Waals surface area (Å²) in [6.45, 7) is 0. The molecule has 0 amide bonds. The molecular weight excluding hydrogens is 148 g/mol. The van der Waals surface area contributed by atoms with Gasteiger partial charge in [-0.3, -0.25) is 0 Å². The van der Waals surface area contributed by atoms with Gasteiger partial charge in [0.15, 0.2) is 11.2 Å². The molecule has 0 radical (unpaired) electrons. The highest BCUT2D eigenvalue weighted by Crippen LogP contribution is 2.47. The Kier molecular flexibility index (Phi) is 0.539. The smallest absolute Gasteiger partial charge is 0.347 e. The lowest BCUT2D eigenvalue weighted by atomic mass is 10.2. The summed E-state index contributed by atoms with van der Waals surface area (Å²) in [4.78, 5) is 10.9. The summed E-state index contributed by atoms with van der Waals surface area (Å²) in [6.07, 6.45) is 0. The van der Waals surface area contributed by atoms with Crippen molar-refractivity contribution in [2.45, 2.75) is 0 Å². The number of phenolic OH excluding ortho intramolecular Hbond substituents is 1. The Labute approximate surface area is 60.3 Å². The molecule has 2 bridgehead atoms. The normalized spacial score (nSPS) is 14.7. The van der Waals surface area contributed by atoms with E-state index >= 15 is 0 Å². The molecule has 0 fully saturated rings. The van der Waals surface area contributed by atoms with Crippen molar-refractivity contribution in [3.63, 3.8) is 0 Å². The standard InChI is InChI=1S/C7H2O4/c8-4-3-1-2-5(10-3)6(4)11-7(2)9/h1,8H. The van der Waals surface area contributed by atoms with Gasteiger partial charge in [-0.25, -0.2) is 4.79 Å². The van der Waals surface area contributed by atoms with Crippen LogP contribution in [-0.2, 0) is 0 Å². The van der Waals surface area contributed by atoms with Gasteiger partial charge in [0, 0.05) is 6.07 Å². The summed E-state index contributed by atoms with van der Waals surface area (Å²) in [5.74, 6) is -0.355. The number of hydrogen-bond donors (Lipinski definition) is 1. The molecule has 4 heteroatoms. The maximum atomic E-state index is 10.9. The number of aromatic hydroxyl groups is 1. The number of furan rings is 2. The molecule has 54 valence electrons. The zero-order valence-corrected chi connectivity index (χ0v) is 5.25. The van der Waals surface area contributed by atoms with Crippen molar-refractivity contribution >= 4 is 17.1 Å². The lowest BCUT2D eigenvalue weighted by Gasteiger charge is -1.88. The maximum absolute atomic E-state index is 10.9. The molecule has 0 spiro atoms. The Bertz CT molecular complexity index is 453. The van der Waals surface area contributed by atoms with Gasteiger partial charge >= 0.3 is 5.97 Å². The van der Waals surface area contributed by atoms with Crippen LogP contribution in [0.1, 0.15) is 10.4 Å². The van der Waals surface area contributed by atoms with E-state index in [4.69, 9.17) is 9.15 Å². The van der Waals surface area contributed by atoms with Crippen LogP contribution in [0.5, 0.6) is 11.5 Å². The number of benzene rings is 1. The van der Waals surface area contributed by atoms with Crippen LogP contribution in [0.25, 0.3) is 11.2 Å². The average Bonchev–Trinajstić information content (AvgIpc) is 2.53. The first-order chi connectivity index (χ1) is 5.27. The molecule has 1 aliphatic heterocycles. The predicted octanol–water partition coefficient (Wildman–Crippen LogP) is 1.11. The first kappa shape index (κ1) is 5.01. The number of hydrogen-bond acceptors (Lipinski definition) is 4. The topological polar surface area (TPSA) is 59.7 Å². The third kappa shape index (κ3) is 0.357. The van der Waals surface area contributed by atoms with Gasteiger partial charge in [0.1, 0.15) is 5.56 Å². The first-order valence-corrected chi connectivity index (χ1v) is 3.07. The number of rotatable bonds is 0. The number of fused-ring (bicyclic) bond motifs is 1. The summed E-state index contributed by atoms with van der Waals surface area (Å²) >= 11 is 0. The number of ether oxygens (including phenoxy) is 1. The van der Waals surface area contributed by atoms with Gasteiger partial charge in [-0.15, -0.1) is 0 Å². The van der Waals surface area contributed by atoms with Crippen molar-refractivity contribution in [1.82, 2.24) is 0 Å². The molecule has 0 saturated heterocycles. The SMILES string of the molecule is O=C1Oc2c(O)c3cc1c2o3. The summed E-state index contributed by atoms with van der Waals surface area (Å²) in [7, 11) is 0. The van der Waals surface area contributed by atoms with E-state index < -0.39 is 5.97 Å². The van der Waals surface area contributed by atoms with Crippen molar-refractivity contribution in [1.29, 1.82) is 0 Å². The van der Waals surface area contributed by atoms with E-state index in [2.05, 4.69) is 0 Å². The Morgan fingerprint density at radius 3 is 2.91 bits per heavy atom. The molecule has 0 aromatic carbocycles. The Morgan fingerprint density at radius 2 is 2.27 bits per heavy atom. The molecule has 1 aliphatic rings. The maximum Gasteiger partial charge on any atom is 0.347 e. The van der Waals surface area contributed by atoms with Crippen LogP contribution in [0.4, 0.5) is 0 Å². The fourth-order valence-corrected chi connectivity index (χ4v) is 1.29. The molecule has 1 N–H and O–H groups in total. The van der Waals surface area contributed by atoms with E-state index in [1.807, 2.05) is 0 Å².